The highest BCUT2D eigenvalue weighted by atomic mass is 15.2. The van der Waals surface area contributed by atoms with E-state index in [4.69, 9.17) is 0 Å². The van der Waals surface area contributed by atoms with Gasteiger partial charge >= 0.3 is 0 Å². The second-order valence-electron chi connectivity index (χ2n) is 1.24. The van der Waals surface area contributed by atoms with Gasteiger partial charge in [-0.15, -0.1) is 10.2 Å². The summed E-state index contributed by atoms with van der Waals surface area (Å²) in [4.78, 5) is 3.72. The van der Waals surface area contributed by atoms with E-state index in [0.29, 0.717) is 5.82 Å². The van der Waals surface area contributed by atoms with Crippen molar-refractivity contribution in [3.8, 4) is 0 Å². The van der Waals surface area contributed by atoms with Crippen molar-refractivity contribution in [1.29, 1.82) is 0 Å². The molecule has 8 heavy (non-hydrogen) atoms. The maximum absolute atomic E-state index is 3.72. The number of nitrogens with one attached hydrogen (secondary N) is 1. The maximum Gasteiger partial charge on any atom is 0.166 e. The van der Waals surface area contributed by atoms with Gasteiger partial charge in [0.15, 0.2) is 5.82 Å². The number of anilines is 1. The molecule has 0 spiro atoms. The van der Waals surface area contributed by atoms with Gasteiger partial charge in [0.1, 0.15) is 6.33 Å². The quantitative estimate of drug-likeness (QED) is 0.549. The van der Waals surface area contributed by atoms with Gasteiger partial charge < -0.3 is 5.32 Å². The number of aromatic nitrogens is 3. The Morgan fingerprint density at radius 3 is 2.88 bits per heavy atom. The average Bonchev–Trinajstić information content (AvgIpc) is 1.90. The Kier molecular flexibility index (Phi) is 1.37. The molecular weight excluding hydrogens is 104 g/mol. The van der Waals surface area contributed by atoms with Crippen LogP contribution in [0.1, 0.15) is 0 Å². The molecule has 0 radical (unpaired) electrons. The highest BCUT2D eigenvalue weighted by Gasteiger charge is 1.82. The van der Waals surface area contributed by atoms with Gasteiger partial charge in [-0.25, -0.2) is 4.98 Å². The predicted octanol–water partition coefficient (Wildman–Crippen LogP) is -0.0867. The van der Waals surface area contributed by atoms with Gasteiger partial charge in [-0.3, -0.25) is 0 Å². The zero-order chi connectivity index (χ0) is 5.82. The minimum Gasteiger partial charge on any atom is -0.370 e. The molecule has 1 aromatic heterocycles. The topological polar surface area (TPSA) is 50.7 Å². The first kappa shape index (κ1) is 4.96. The zero-order valence-corrected chi connectivity index (χ0v) is 4.50. The van der Waals surface area contributed by atoms with Crippen molar-refractivity contribution in [2.75, 3.05) is 12.4 Å². The van der Waals surface area contributed by atoms with Crippen LogP contribution in [0.15, 0.2) is 12.5 Å². The van der Waals surface area contributed by atoms with E-state index in [-0.39, 0.29) is 0 Å². The fourth-order valence-electron chi connectivity index (χ4n) is 0.362. The predicted molar refractivity (Wildman–Crippen MR) is 29.4 cm³/mol. The third-order valence-electron chi connectivity index (χ3n) is 0.737. The summed E-state index contributed by atoms with van der Waals surface area (Å²) in [6.07, 6.45) is 2.99. The Labute approximate surface area is 47.0 Å². The van der Waals surface area contributed by atoms with Crippen LogP contribution in [-0.2, 0) is 0 Å². The van der Waals surface area contributed by atoms with Gasteiger partial charge in [-0.2, -0.15) is 0 Å². The second-order valence-corrected chi connectivity index (χ2v) is 1.24. The Bertz CT molecular complexity index is 149. The molecule has 0 aromatic carbocycles. The molecule has 0 bridgehead atoms. The number of nitrogens with zero attached hydrogens (tertiary/aromatic N) is 3. The lowest BCUT2D eigenvalue weighted by Gasteiger charge is -1.90. The summed E-state index contributed by atoms with van der Waals surface area (Å²) in [5, 5.41) is 10.00. The van der Waals surface area contributed by atoms with Crippen molar-refractivity contribution >= 4 is 5.82 Å². The van der Waals surface area contributed by atoms with Crippen molar-refractivity contribution in [1.82, 2.24) is 15.2 Å². The van der Waals surface area contributed by atoms with Gasteiger partial charge in [0.25, 0.3) is 0 Å². The minimum atomic E-state index is 0.688. The number of rotatable bonds is 1. The van der Waals surface area contributed by atoms with Crippen LogP contribution in [0.25, 0.3) is 0 Å². The smallest absolute Gasteiger partial charge is 0.166 e. The van der Waals surface area contributed by atoms with Gasteiger partial charge in [-0.1, -0.05) is 0 Å². The molecule has 0 unspecified atom stereocenters. The van der Waals surface area contributed by atoms with Crippen molar-refractivity contribution < 1.29 is 0 Å². The maximum atomic E-state index is 3.72. The van der Waals surface area contributed by atoms with Crippen LogP contribution >= 0.6 is 0 Å². The number of hydrogen-bond donors (Lipinski definition) is 1. The van der Waals surface area contributed by atoms with Gasteiger partial charge in [0.05, 0.1) is 6.20 Å². The van der Waals surface area contributed by atoms with Crippen LogP contribution in [0.4, 0.5) is 5.82 Å². The largest absolute Gasteiger partial charge is 0.370 e. The lowest BCUT2D eigenvalue weighted by atomic mass is 10.7. The first-order chi connectivity index (χ1) is 3.93. The third kappa shape index (κ3) is 0.900. The molecule has 1 N–H and O–H groups in total. The molecule has 0 saturated heterocycles. The molecule has 0 saturated carbocycles. The normalized spacial score (nSPS) is 8.62. The lowest BCUT2D eigenvalue weighted by molar-refractivity contribution is 0.971. The Balaban J connectivity index is 2.83. The Hall–Kier alpha value is -1.19. The first-order valence-corrected chi connectivity index (χ1v) is 2.24. The van der Waals surface area contributed by atoms with Crippen molar-refractivity contribution in [2.24, 2.45) is 0 Å². The molecule has 0 atom stereocenters. The van der Waals surface area contributed by atoms with Crippen LogP contribution in [0.5, 0.6) is 0 Å². The SMILES string of the molecule is CNc1cncnn1. The molecule has 1 heterocycles. The fourth-order valence-corrected chi connectivity index (χ4v) is 0.362. The van der Waals surface area contributed by atoms with E-state index in [1.54, 1.807) is 13.2 Å². The summed E-state index contributed by atoms with van der Waals surface area (Å²) in [7, 11) is 1.77. The second kappa shape index (κ2) is 2.20. The minimum absolute atomic E-state index is 0.688. The highest BCUT2D eigenvalue weighted by molar-refractivity contribution is 5.26. The first-order valence-electron chi connectivity index (χ1n) is 2.24. The van der Waals surface area contributed by atoms with E-state index in [9.17, 15) is 0 Å². The molecule has 0 fully saturated rings. The highest BCUT2D eigenvalue weighted by Crippen LogP contribution is 1.89. The van der Waals surface area contributed by atoms with Crippen molar-refractivity contribution in [3.05, 3.63) is 12.5 Å². The summed E-state index contributed by atoms with van der Waals surface area (Å²) in [6, 6.07) is 0. The van der Waals surface area contributed by atoms with E-state index in [2.05, 4.69) is 20.5 Å². The molecule has 42 valence electrons. The van der Waals surface area contributed by atoms with Gasteiger partial charge in [-0.05, 0) is 0 Å². The monoisotopic (exact) mass is 110 g/mol. The van der Waals surface area contributed by atoms with Gasteiger partial charge in [0.2, 0.25) is 0 Å². The summed E-state index contributed by atoms with van der Waals surface area (Å²) >= 11 is 0. The summed E-state index contributed by atoms with van der Waals surface area (Å²) < 4.78 is 0. The van der Waals surface area contributed by atoms with Crippen molar-refractivity contribution in [3.63, 3.8) is 0 Å². The van der Waals surface area contributed by atoms with E-state index in [0.717, 1.165) is 0 Å². The fraction of sp³-hybridized carbons (Fsp3) is 0.250. The molecule has 4 heteroatoms. The summed E-state index contributed by atoms with van der Waals surface area (Å²) in [5.74, 6) is 0.688. The standard InChI is InChI=1S/C4H6N4/c1-5-4-2-6-3-7-8-4/h2-3H,1H3,(H,5,8). The Morgan fingerprint density at radius 1 is 1.62 bits per heavy atom. The van der Waals surface area contributed by atoms with Crippen LogP contribution in [0, 0.1) is 0 Å². The number of hydrogen-bond acceptors (Lipinski definition) is 4. The molecular formula is C4H6N4. The van der Waals surface area contributed by atoms with E-state index in [1.165, 1.54) is 6.33 Å². The van der Waals surface area contributed by atoms with Gasteiger partial charge in [0, 0.05) is 7.05 Å². The summed E-state index contributed by atoms with van der Waals surface area (Å²) in [5.41, 5.74) is 0. The third-order valence-corrected chi connectivity index (χ3v) is 0.737. The molecule has 0 aliphatic carbocycles. The molecule has 0 amide bonds. The van der Waals surface area contributed by atoms with E-state index >= 15 is 0 Å². The van der Waals surface area contributed by atoms with Crippen LogP contribution < -0.4 is 5.32 Å². The average molecular weight is 110 g/mol. The van der Waals surface area contributed by atoms with Crippen LogP contribution in [-0.4, -0.2) is 22.2 Å². The zero-order valence-electron chi connectivity index (χ0n) is 4.50. The molecule has 0 aliphatic heterocycles. The molecule has 0 aliphatic rings. The van der Waals surface area contributed by atoms with E-state index in [1.807, 2.05) is 0 Å². The van der Waals surface area contributed by atoms with Crippen LogP contribution in [0.2, 0.25) is 0 Å². The van der Waals surface area contributed by atoms with Crippen LogP contribution in [0.3, 0.4) is 0 Å². The molecule has 1 rings (SSSR count). The Morgan fingerprint density at radius 2 is 2.50 bits per heavy atom. The summed E-state index contributed by atoms with van der Waals surface area (Å²) in [6.45, 7) is 0. The molecule has 4 nitrogen and oxygen atoms in total. The molecule has 1 aromatic rings. The van der Waals surface area contributed by atoms with Crippen molar-refractivity contribution in [2.45, 2.75) is 0 Å². The lowest BCUT2D eigenvalue weighted by Crippen LogP contribution is -1.93. The van der Waals surface area contributed by atoms with E-state index < -0.39 is 0 Å².